The summed E-state index contributed by atoms with van der Waals surface area (Å²) in [4.78, 5) is 2.28. The summed E-state index contributed by atoms with van der Waals surface area (Å²) < 4.78 is 15.5. The van der Waals surface area contributed by atoms with Crippen LogP contribution in [0.5, 0.6) is 23.0 Å². The molecule has 2 aliphatic heterocycles. The van der Waals surface area contributed by atoms with E-state index in [1.807, 2.05) is 18.2 Å². The Morgan fingerprint density at radius 3 is 1.62 bits per heavy atom. The Balaban J connectivity index is 0.989. The number of nitrogens with zero attached hydrogens (tertiary/aromatic N) is 2. The van der Waals surface area contributed by atoms with Crippen LogP contribution in [0.4, 0.5) is 17.1 Å². The topological polar surface area (TPSA) is 26.6 Å². The lowest BCUT2D eigenvalue weighted by Gasteiger charge is -2.38. The third-order valence-corrected chi connectivity index (χ3v) is 10.2. The Labute approximate surface area is 288 Å². The first kappa shape index (κ1) is 27.2. The van der Waals surface area contributed by atoms with Gasteiger partial charge in [0.2, 0.25) is 0 Å². The third-order valence-electron chi connectivity index (χ3n) is 10.2. The summed E-state index contributed by atoms with van der Waals surface area (Å²) in [5, 5.41) is 4.97. The molecule has 0 saturated carbocycles. The van der Waals surface area contributed by atoms with Crippen LogP contribution < -0.4 is 14.4 Å². The summed E-state index contributed by atoms with van der Waals surface area (Å²) in [5.74, 6) is 3.18. The normalized spacial score (nSPS) is 12.7. The summed E-state index contributed by atoms with van der Waals surface area (Å²) in [7, 11) is 0. The number of hydrogen-bond acceptors (Lipinski definition) is 3. The van der Waals surface area contributed by atoms with E-state index in [4.69, 9.17) is 9.47 Å². The molecule has 2 aliphatic rings. The quantitative estimate of drug-likeness (QED) is 0.192. The zero-order valence-corrected chi connectivity index (χ0v) is 26.9. The van der Waals surface area contributed by atoms with Crippen LogP contribution in [0, 0.1) is 0 Å². The fourth-order valence-corrected chi connectivity index (χ4v) is 7.88. The molecule has 0 bridgehead atoms. The third kappa shape index (κ3) is 3.93. The molecule has 4 heteroatoms. The largest absolute Gasteiger partial charge is 0.453 e. The molecule has 0 atom stereocenters. The molecule has 0 spiro atoms. The molecule has 234 valence electrons. The van der Waals surface area contributed by atoms with E-state index in [0.29, 0.717) is 0 Å². The van der Waals surface area contributed by atoms with Crippen LogP contribution in [0.15, 0.2) is 170 Å². The molecule has 0 aliphatic carbocycles. The number of hydrogen-bond donors (Lipinski definition) is 0. The van der Waals surface area contributed by atoms with Crippen LogP contribution in [0.25, 0.3) is 60.5 Å². The number of ether oxygens (including phenoxy) is 2. The number of benzene rings is 8. The SMILES string of the molecule is c1cc2c3c(c1)Oc1cc(-c4cccc5ccccc45)ccc1N3c1ccc(-c3ccc(-n4c5ccccc5c5ccccc54)cc3)cc1O2. The van der Waals surface area contributed by atoms with Crippen molar-refractivity contribution < 1.29 is 9.47 Å². The number of rotatable bonds is 3. The van der Waals surface area contributed by atoms with Crippen molar-refractivity contribution in [2.75, 3.05) is 4.90 Å². The average Bonchev–Trinajstić information content (AvgIpc) is 3.51. The Kier molecular flexibility index (Phi) is 5.63. The van der Waals surface area contributed by atoms with E-state index in [1.165, 1.54) is 38.1 Å². The highest BCUT2D eigenvalue weighted by Crippen LogP contribution is 2.60. The smallest absolute Gasteiger partial charge is 0.155 e. The van der Waals surface area contributed by atoms with Crippen molar-refractivity contribution in [1.82, 2.24) is 4.57 Å². The van der Waals surface area contributed by atoms with Crippen LogP contribution in [-0.4, -0.2) is 4.57 Å². The first-order chi connectivity index (χ1) is 24.8. The van der Waals surface area contributed by atoms with E-state index in [9.17, 15) is 0 Å². The van der Waals surface area contributed by atoms with Gasteiger partial charge in [0.15, 0.2) is 23.0 Å². The number of para-hydroxylation sites is 3. The van der Waals surface area contributed by atoms with Crippen LogP contribution in [0.1, 0.15) is 0 Å². The molecule has 4 nitrogen and oxygen atoms in total. The van der Waals surface area contributed by atoms with Gasteiger partial charge in [-0.15, -0.1) is 0 Å². The second-order valence-corrected chi connectivity index (χ2v) is 13.0. The van der Waals surface area contributed by atoms with Gasteiger partial charge in [0.05, 0.1) is 22.4 Å². The second kappa shape index (κ2) is 10.4. The Hall–Kier alpha value is -6.78. The predicted octanol–water partition coefficient (Wildman–Crippen LogP) is 13.0. The van der Waals surface area contributed by atoms with Crippen LogP contribution in [-0.2, 0) is 0 Å². The molecular formula is C46H28N2O2. The van der Waals surface area contributed by atoms with Crippen LogP contribution >= 0.6 is 0 Å². The lowest BCUT2D eigenvalue weighted by molar-refractivity contribution is 0.446. The lowest BCUT2D eigenvalue weighted by atomic mass is 9.97. The zero-order chi connectivity index (χ0) is 32.8. The first-order valence-corrected chi connectivity index (χ1v) is 16.9. The summed E-state index contributed by atoms with van der Waals surface area (Å²) in [6.07, 6.45) is 0. The van der Waals surface area contributed by atoms with Gasteiger partial charge in [-0.3, -0.25) is 4.90 Å². The number of aromatic nitrogens is 1. The van der Waals surface area contributed by atoms with Gasteiger partial charge in [-0.1, -0.05) is 109 Å². The number of fused-ring (bicyclic) bond motifs is 8. The summed E-state index contributed by atoms with van der Waals surface area (Å²) in [5.41, 5.74) is 11.0. The molecule has 9 aromatic rings. The highest BCUT2D eigenvalue weighted by atomic mass is 16.5. The maximum Gasteiger partial charge on any atom is 0.155 e. The van der Waals surface area contributed by atoms with Crippen LogP contribution in [0.3, 0.4) is 0 Å². The van der Waals surface area contributed by atoms with Gasteiger partial charge in [0, 0.05) is 16.5 Å². The first-order valence-electron chi connectivity index (χ1n) is 16.9. The van der Waals surface area contributed by atoms with Crippen molar-refractivity contribution in [1.29, 1.82) is 0 Å². The van der Waals surface area contributed by atoms with E-state index >= 15 is 0 Å². The van der Waals surface area contributed by atoms with Gasteiger partial charge >= 0.3 is 0 Å². The predicted molar refractivity (Wildman–Crippen MR) is 204 cm³/mol. The summed E-state index contributed by atoms with van der Waals surface area (Å²) in [6, 6.07) is 60.1. The highest BCUT2D eigenvalue weighted by molar-refractivity contribution is 6.09. The van der Waals surface area contributed by atoms with E-state index in [2.05, 4.69) is 161 Å². The number of anilines is 3. The standard InChI is InChI=1S/C46H28N2O2/c1-2-11-34-30(9-1)10-7-14-35(34)32-22-26-41-45(28-32)50-43-18-8-17-42-46(43)48(41)40-25-21-31(27-44(40)49-42)29-19-23-33(24-20-29)47-38-15-5-3-12-36(38)37-13-4-6-16-39(37)47/h1-28H. The van der Waals surface area contributed by atoms with Crippen molar-refractivity contribution in [3.8, 4) is 50.9 Å². The minimum Gasteiger partial charge on any atom is -0.453 e. The van der Waals surface area contributed by atoms with Gasteiger partial charge in [0.25, 0.3) is 0 Å². The molecule has 0 fully saturated rings. The Morgan fingerprint density at radius 2 is 0.920 bits per heavy atom. The van der Waals surface area contributed by atoms with E-state index < -0.39 is 0 Å². The minimum absolute atomic E-state index is 0.776. The fourth-order valence-electron chi connectivity index (χ4n) is 7.88. The Bertz CT molecular complexity index is 2770. The molecule has 50 heavy (non-hydrogen) atoms. The molecule has 0 amide bonds. The molecule has 0 radical (unpaired) electrons. The van der Waals surface area contributed by atoms with Crippen molar-refractivity contribution in [2.45, 2.75) is 0 Å². The minimum atomic E-state index is 0.776. The van der Waals surface area contributed by atoms with E-state index in [-0.39, 0.29) is 0 Å². The zero-order valence-electron chi connectivity index (χ0n) is 26.9. The van der Waals surface area contributed by atoms with Crippen LogP contribution in [0.2, 0.25) is 0 Å². The second-order valence-electron chi connectivity index (χ2n) is 13.0. The Morgan fingerprint density at radius 1 is 0.380 bits per heavy atom. The molecule has 8 aromatic carbocycles. The highest BCUT2D eigenvalue weighted by Gasteiger charge is 2.34. The fraction of sp³-hybridized carbons (Fsp3) is 0. The van der Waals surface area contributed by atoms with Gasteiger partial charge in [-0.2, -0.15) is 0 Å². The molecule has 1 aromatic heterocycles. The summed E-state index contributed by atoms with van der Waals surface area (Å²) in [6.45, 7) is 0. The molecule has 3 heterocycles. The lowest BCUT2D eigenvalue weighted by Crippen LogP contribution is -2.20. The van der Waals surface area contributed by atoms with Crippen molar-refractivity contribution in [3.63, 3.8) is 0 Å². The van der Waals surface area contributed by atoms with Gasteiger partial charge in [0.1, 0.15) is 5.69 Å². The molecular weight excluding hydrogens is 613 g/mol. The molecule has 0 N–H and O–H groups in total. The van der Waals surface area contributed by atoms with Crippen molar-refractivity contribution >= 4 is 49.6 Å². The maximum absolute atomic E-state index is 6.60. The molecule has 11 rings (SSSR count). The van der Waals surface area contributed by atoms with Gasteiger partial charge in [-0.05, 0) is 93.7 Å². The van der Waals surface area contributed by atoms with E-state index in [0.717, 1.165) is 62.4 Å². The summed E-state index contributed by atoms with van der Waals surface area (Å²) >= 11 is 0. The van der Waals surface area contributed by atoms with E-state index in [1.54, 1.807) is 0 Å². The monoisotopic (exact) mass is 640 g/mol. The van der Waals surface area contributed by atoms with Gasteiger partial charge < -0.3 is 14.0 Å². The average molecular weight is 641 g/mol. The molecule has 0 saturated heterocycles. The van der Waals surface area contributed by atoms with Gasteiger partial charge in [-0.25, -0.2) is 0 Å². The van der Waals surface area contributed by atoms with Crippen molar-refractivity contribution in [2.24, 2.45) is 0 Å². The molecule has 0 unspecified atom stereocenters. The maximum atomic E-state index is 6.60. The van der Waals surface area contributed by atoms with Crippen molar-refractivity contribution in [3.05, 3.63) is 170 Å².